The van der Waals surface area contributed by atoms with Crippen molar-refractivity contribution in [3.63, 3.8) is 0 Å². The normalized spacial score (nSPS) is 10.5. The maximum Gasteiger partial charge on any atom is 0.125 e. The molecule has 0 heterocycles. The number of nitrogens with zero attached hydrogens (tertiary/aromatic N) is 1. The Bertz CT molecular complexity index is 572. The molecule has 2 N–H and O–H groups in total. The second-order valence-corrected chi connectivity index (χ2v) is 5.32. The number of nitrogens with two attached hydrogens (primary N) is 1. The molecule has 0 aromatic heterocycles. The van der Waals surface area contributed by atoms with Crippen molar-refractivity contribution in [3.8, 4) is 0 Å². The molecule has 0 unspecified atom stereocenters. The number of hydrogen-bond donors (Lipinski definition) is 1. The molecular weight excluding hydrogens is 307 g/mol. The van der Waals surface area contributed by atoms with Crippen molar-refractivity contribution in [1.82, 2.24) is 0 Å². The van der Waals surface area contributed by atoms with E-state index >= 15 is 0 Å². The van der Waals surface area contributed by atoms with Gasteiger partial charge in [0.1, 0.15) is 5.82 Å². The van der Waals surface area contributed by atoms with Crippen molar-refractivity contribution >= 4 is 27.3 Å². The van der Waals surface area contributed by atoms with Crippen molar-refractivity contribution in [2.75, 3.05) is 24.2 Å². The van der Waals surface area contributed by atoms with Crippen molar-refractivity contribution < 1.29 is 4.39 Å². The first kappa shape index (κ1) is 13.9. The van der Waals surface area contributed by atoms with Crippen LogP contribution in [0.5, 0.6) is 0 Å². The minimum absolute atomic E-state index is 0.305. The SMILES string of the molecule is CN(CCc1ccccc1Br)c1ccc(F)cc1N. The molecule has 0 aliphatic heterocycles. The van der Waals surface area contributed by atoms with Crippen LogP contribution in [0.4, 0.5) is 15.8 Å². The van der Waals surface area contributed by atoms with Gasteiger partial charge in [-0.05, 0) is 36.2 Å². The molecule has 0 radical (unpaired) electrons. The number of benzene rings is 2. The smallest absolute Gasteiger partial charge is 0.125 e. The molecule has 0 amide bonds. The summed E-state index contributed by atoms with van der Waals surface area (Å²) in [7, 11) is 1.96. The van der Waals surface area contributed by atoms with Gasteiger partial charge in [0.15, 0.2) is 0 Å². The van der Waals surface area contributed by atoms with Crippen molar-refractivity contribution in [3.05, 3.63) is 58.3 Å². The number of halogens is 2. The van der Waals surface area contributed by atoms with E-state index in [2.05, 4.69) is 22.0 Å². The standard InChI is InChI=1S/C15H16BrFN2/c1-19(15-7-6-12(17)10-14(15)18)9-8-11-4-2-3-5-13(11)16/h2-7,10H,8-9,18H2,1H3. The zero-order chi connectivity index (χ0) is 13.8. The highest BCUT2D eigenvalue weighted by Gasteiger charge is 2.07. The number of hydrogen-bond acceptors (Lipinski definition) is 2. The highest BCUT2D eigenvalue weighted by molar-refractivity contribution is 9.10. The Hall–Kier alpha value is -1.55. The van der Waals surface area contributed by atoms with Crippen LogP contribution in [0.25, 0.3) is 0 Å². The molecule has 0 spiro atoms. The van der Waals surface area contributed by atoms with E-state index in [1.165, 1.54) is 17.7 Å². The summed E-state index contributed by atoms with van der Waals surface area (Å²) in [6.07, 6.45) is 0.898. The van der Waals surface area contributed by atoms with Gasteiger partial charge in [0.2, 0.25) is 0 Å². The van der Waals surface area contributed by atoms with Gasteiger partial charge in [-0.2, -0.15) is 0 Å². The van der Waals surface area contributed by atoms with Crippen LogP contribution in [0.2, 0.25) is 0 Å². The molecule has 100 valence electrons. The summed E-state index contributed by atoms with van der Waals surface area (Å²) in [5, 5.41) is 0. The molecule has 2 rings (SSSR count). The van der Waals surface area contributed by atoms with E-state index in [4.69, 9.17) is 5.73 Å². The van der Waals surface area contributed by atoms with E-state index < -0.39 is 0 Å². The van der Waals surface area contributed by atoms with Gasteiger partial charge in [-0.25, -0.2) is 4.39 Å². The number of likely N-dealkylation sites (N-methyl/N-ethyl adjacent to an activating group) is 1. The number of rotatable bonds is 4. The first-order valence-corrected chi connectivity index (χ1v) is 6.87. The van der Waals surface area contributed by atoms with Gasteiger partial charge in [-0.15, -0.1) is 0 Å². The van der Waals surface area contributed by atoms with Crippen molar-refractivity contribution in [2.24, 2.45) is 0 Å². The molecule has 19 heavy (non-hydrogen) atoms. The third-order valence-electron chi connectivity index (χ3n) is 3.08. The van der Waals surface area contributed by atoms with Crippen LogP contribution in [0.3, 0.4) is 0 Å². The van der Waals surface area contributed by atoms with Gasteiger partial charge in [0, 0.05) is 18.1 Å². The van der Waals surface area contributed by atoms with Gasteiger partial charge < -0.3 is 10.6 Å². The number of nitrogen functional groups attached to an aromatic ring is 1. The minimum atomic E-state index is -0.305. The average molecular weight is 323 g/mol. The first-order chi connectivity index (χ1) is 9.08. The van der Waals surface area contributed by atoms with E-state index in [1.807, 2.05) is 30.1 Å². The van der Waals surface area contributed by atoms with Gasteiger partial charge in [-0.1, -0.05) is 34.1 Å². The molecule has 0 aliphatic carbocycles. The van der Waals surface area contributed by atoms with Crippen molar-refractivity contribution in [2.45, 2.75) is 6.42 Å². The summed E-state index contributed by atoms with van der Waals surface area (Å²) < 4.78 is 14.1. The topological polar surface area (TPSA) is 29.3 Å². The minimum Gasteiger partial charge on any atom is -0.397 e. The highest BCUT2D eigenvalue weighted by atomic mass is 79.9. The summed E-state index contributed by atoms with van der Waals surface area (Å²) in [5.41, 5.74) is 8.40. The fourth-order valence-electron chi connectivity index (χ4n) is 1.98. The first-order valence-electron chi connectivity index (χ1n) is 6.07. The third kappa shape index (κ3) is 3.47. The van der Waals surface area contributed by atoms with Gasteiger partial charge in [-0.3, -0.25) is 0 Å². The van der Waals surface area contributed by atoms with Crippen LogP contribution >= 0.6 is 15.9 Å². The van der Waals surface area contributed by atoms with E-state index in [0.717, 1.165) is 23.1 Å². The molecule has 2 nitrogen and oxygen atoms in total. The lowest BCUT2D eigenvalue weighted by Gasteiger charge is -2.21. The maximum atomic E-state index is 13.0. The van der Waals surface area contributed by atoms with Crippen LogP contribution in [0, 0.1) is 5.82 Å². The fourth-order valence-corrected chi connectivity index (χ4v) is 2.47. The largest absolute Gasteiger partial charge is 0.397 e. The predicted molar refractivity (Wildman–Crippen MR) is 81.9 cm³/mol. The fraction of sp³-hybridized carbons (Fsp3) is 0.200. The lowest BCUT2D eigenvalue weighted by molar-refractivity contribution is 0.628. The lowest BCUT2D eigenvalue weighted by Crippen LogP contribution is -2.21. The Balaban J connectivity index is 2.05. The zero-order valence-corrected chi connectivity index (χ0v) is 12.3. The summed E-state index contributed by atoms with van der Waals surface area (Å²) in [5.74, 6) is -0.305. The predicted octanol–water partition coefficient (Wildman–Crippen LogP) is 3.85. The van der Waals surface area contributed by atoms with E-state index in [0.29, 0.717) is 5.69 Å². The van der Waals surface area contributed by atoms with Gasteiger partial charge in [0.05, 0.1) is 11.4 Å². The Labute approximate surface area is 121 Å². The highest BCUT2D eigenvalue weighted by Crippen LogP contribution is 2.23. The molecule has 0 bridgehead atoms. The third-order valence-corrected chi connectivity index (χ3v) is 3.85. The monoisotopic (exact) mass is 322 g/mol. The Morgan fingerprint density at radius 3 is 2.63 bits per heavy atom. The Morgan fingerprint density at radius 2 is 1.95 bits per heavy atom. The van der Waals surface area contributed by atoms with Crippen LogP contribution in [0.15, 0.2) is 46.9 Å². The van der Waals surface area contributed by atoms with Crippen molar-refractivity contribution in [1.29, 1.82) is 0 Å². The molecule has 0 fully saturated rings. The van der Waals surface area contributed by atoms with Gasteiger partial charge >= 0.3 is 0 Å². The van der Waals surface area contributed by atoms with Gasteiger partial charge in [0.25, 0.3) is 0 Å². The lowest BCUT2D eigenvalue weighted by atomic mass is 10.1. The molecule has 0 saturated carbocycles. The van der Waals surface area contributed by atoms with Crippen LogP contribution in [-0.4, -0.2) is 13.6 Å². The molecule has 0 saturated heterocycles. The molecule has 0 aliphatic rings. The summed E-state index contributed by atoms with van der Waals surface area (Å²) >= 11 is 3.53. The molecule has 0 atom stereocenters. The van der Waals surface area contributed by atoms with E-state index in [-0.39, 0.29) is 5.82 Å². The van der Waals surface area contributed by atoms with Crippen LogP contribution < -0.4 is 10.6 Å². The Kier molecular flexibility index (Phi) is 4.43. The summed E-state index contributed by atoms with van der Waals surface area (Å²) in [6.45, 7) is 0.818. The quantitative estimate of drug-likeness (QED) is 0.866. The van der Waals surface area contributed by atoms with Crippen LogP contribution in [0.1, 0.15) is 5.56 Å². The summed E-state index contributed by atoms with van der Waals surface area (Å²) in [4.78, 5) is 2.04. The second-order valence-electron chi connectivity index (χ2n) is 4.47. The average Bonchev–Trinajstić information content (AvgIpc) is 2.37. The number of anilines is 2. The molecule has 4 heteroatoms. The second kappa shape index (κ2) is 6.06. The zero-order valence-electron chi connectivity index (χ0n) is 10.7. The molecular formula is C15H16BrFN2. The molecule has 2 aromatic carbocycles. The van der Waals surface area contributed by atoms with E-state index in [1.54, 1.807) is 6.07 Å². The summed E-state index contributed by atoms with van der Waals surface area (Å²) in [6, 6.07) is 12.6. The van der Waals surface area contributed by atoms with Crippen LogP contribution in [-0.2, 0) is 6.42 Å². The molecule has 2 aromatic rings. The van der Waals surface area contributed by atoms with E-state index in [9.17, 15) is 4.39 Å². The Morgan fingerprint density at radius 1 is 1.21 bits per heavy atom. The maximum absolute atomic E-state index is 13.0.